The maximum Gasteiger partial charge on any atom is 0.203 e. The third kappa shape index (κ3) is 2.00. The zero-order chi connectivity index (χ0) is 12.5. The molecule has 0 aliphatic carbocycles. The van der Waals surface area contributed by atoms with Crippen LogP contribution < -0.4 is 4.74 Å². The van der Waals surface area contributed by atoms with Crippen molar-refractivity contribution in [1.29, 1.82) is 0 Å². The van der Waals surface area contributed by atoms with Crippen LogP contribution in [0.15, 0.2) is 48.5 Å². The Morgan fingerprint density at radius 3 is 2.56 bits per heavy atom. The first-order valence-electron chi connectivity index (χ1n) is 5.78. The van der Waals surface area contributed by atoms with Crippen molar-refractivity contribution in [2.75, 3.05) is 0 Å². The summed E-state index contributed by atoms with van der Waals surface area (Å²) in [5.41, 5.74) is 1.72. The van der Waals surface area contributed by atoms with Crippen LogP contribution in [0.4, 0.5) is 0 Å². The van der Waals surface area contributed by atoms with Gasteiger partial charge in [0.05, 0.1) is 0 Å². The van der Waals surface area contributed by atoms with Crippen LogP contribution in [0.5, 0.6) is 5.75 Å². The monoisotopic (exact) mass is 258 g/mol. The Bertz CT molecular complexity index is 565. The average molecular weight is 259 g/mol. The number of ether oxygens (including phenoxy) is 1. The number of carbonyl (C=O) groups excluding carboxylic acids is 1. The Morgan fingerprint density at radius 2 is 1.83 bits per heavy atom. The lowest BCUT2D eigenvalue weighted by Crippen LogP contribution is -2.25. The van der Waals surface area contributed by atoms with Crippen LogP contribution in [0, 0.1) is 0 Å². The molecule has 3 heteroatoms. The summed E-state index contributed by atoms with van der Waals surface area (Å²) in [5, 5.41) is 0.627. The average Bonchev–Trinajstić information content (AvgIpc) is 2.82. The Labute approximate surface area is 110 Å². The predicted molar refractivity (Wildman–Crippen MR) is 70.3 cm³/mol. The molecule has 0 radical (unpaired) electrons. The number of benzene rings is 2. The normalized spacial score (nSPS) is 17.1. The Kier molecular flexibility index (Phi) is 2.80. The molecule has 90 valence electrons. The first-order valence-corrected chi connectivity index (χ1v) is 6.16. The summed E-state index contributed by atoms with van der Waals surface area (Å²) in [7, 11) is 0. The smallest absolute Gasteiger partial charge is 0.203 e. The van der Waals surface area contributed by atoms with Crippen molar-refractivity contribution < 1.29 is 9.53 Å². The fourth-order valence-corrected chi connectivity index (χ4v) is 2.25. The van der Waals surface area contributed by atoms with Crippen LogP contribution in [0.1, 0.15) is 15.9 Å². The number of Topliss-reactive ketones (excluding diaryl/α,β-unsaturated/α-hetero) is 1. The fraction of sp³-hybridized carbons (Fsp3) is 0.133. The number of hydrogen-bond acceptors (Lipinski definition) is 2. The second-order valence-corrected chi connectivity index (χ2v) is 4.73. The lowest BCUT2D eigenvalue weighted by molar-refractivity contribution is 0.0825. The van der Waals surface area contributed by atoms with Crippen molar-refractivity contribution in [1.82, 2.24) is 0 Å². The molecule has 0 N–H and O–H groups in total. The van der Waals surface area contributed by atoms with Gasteiger partial charge in [0.1, 0.15) is 5.75 Å². The number of rotatable bonds is 2. The molecule has 3 rings (SSSR count). The first kappa shape index (κ1) is 11.3. The molecule has 0 saturated heterocycles. The second-order valence-electron chi connectivity index (χ2n) is 4.29. The Balaban J connectivity index is 1.82. The number of para-hydroxylation sites is 1. The highest BCUT2D eigenvalue weighted by Gasteiger charge is 2.29. The van der Waals surface area contributed by atoms with Gasteiger partial charge in [0.2, 0.25) is 5.78 Å². The number of carbonyl (C=O) groups is 1. The van der Waals surface area contributed by atoms with Crippen molar-refractivity contribution >= 4 is 17.4 Å². The van der Waals surface area contributed by atoms with Gasteiger partial charge in [-0.3, -0.25) is 4.79 Å². The number of hydrogen-bond donors (Lipinski definition) is 0. The van der Waals surface area contributed by atoms with E-state index in [4.69, 9.17) is 16.3 Å². The van der Waals surface area contributed by atoms with Crippen molar-refractivity contribution in [3.63, 3.8) is 0 Å². The number of ketones is 1. The molecule has 1 heterocycles. The molecule has 2 aromatic carbocycles. The molecule has 0 saturated carbocycles. The molecule has 2 aromatic rings. The molecule has 1 aliphatic rings. The van der Waals surface area contributed by atoms with Gasteiger partial charge in [0.15, 0.2) is 6.10 Å². The standard InChI is InChI=1S/C15H11ClO2/c16-12-7-5-10(6-8-12)15(17)14-9-11-3-1-2-4-13(11)18-14/h1-8,14H,9H2. The maximum absolute atomic E-state index is 12.3. The minimum Gasteiger partial charge on any atom is -0.482 e. The summed E-state index contributed by atoms with van der Waals surface area (Å²) in [6.07, 6.45) is 0.223. The highest BCUT2D eigenvalue weighted by Crippen LogP contribution is 2.29. The maximum atomic E-state index is 12.3. The minimum absolute atomic E-state index is 0.00265. The number of fused-ring (bicyclic) bond motifs is 1. The van der Waals surface area contributed by atoms with Gasteiger partial charge < -0.3 is 4.74 Å². The van der Waals surface area contributed by atoms with E-state index in [1.54, 1.807) is 24.3 Å². The van der Waals surface area contributed by atoms with Crippen LogP contribution >= 0.6 is 11.6 Å². The molecule has 0 fully saturated rings. The van der Waals surface area contributed by atoms with Crippen LogP contribution in [0.25, 0.3) is 0 Å². The van der Waals surface area contributed by atoms with E-state index in [-0.39, 0.29) is 5.78 Å². The van der Waals surface area contributed by atoms with Crippen molar-refractivity contribution in [2.45, 2.75) is 12.5 Å². The van der Waals surface area contributed by atoms with Crippen LogP contribution in [-0.4, -0.2) is 11.9 Å². The molecule has 0 spiro atoms. The van der Waals surface area contributed by atoms with E-state index in [0.29, 0.717) is 17.0 Å². The number of halogens is 1. The SMILES string of the molecule is O=C(c1ccc(Cl)cc1)C1Cc2ccccc2O1. The van der Waals surface area contributed by atoms with E-state index in [2.05, 4.69) is 0 Å². The predicted octanol–water partition coefficient (Wildman–Crippen LogP) is 3.53. The summed E-state index contributed by atoms with van der Waals surface area (Å²) in [4.78, 5) is 12.3. The summed E-state index contributed by atoms with van der Waals surface area (Å²) in [5.74, 6) is 0.813. The summed E-state index contributed by atoms with van der Waals surface area (Å²) < 4.78 is 5.67. The largest absolute Gasteiger partial charge is 0.482 e. The molecule has 1 aliphatic heterocycles. The van der Waals surface area contributed by atoms with Crippen molar-refractivity contribution in [2.24, 2.45) is 0 Å². The molecule has 0 amide bonds. The molecular formula is C15H11ClO2. The lowest BCUT2D eigenvalue weighted by Gasteiger charge is -2.09. The van der Waals surface area contributed by atoms with Gasteiger partial charge in [-0.25, -0.2) is 0 Å². The molecule has 18 heavy (non-hydrogen) atoms. The van der Waals surface area contributed by atoms with E-state index >= 15 is 0 Å². The summed E-state index contributed by atoms with van der Waals surface area (Å²) in [6.45, 7) is 0. The summed E-state index contributed by atoms with van der Waals surface area (Å²) >= 11 is 5.81. The molecular weight excluding hydrogens is 248 g/mol. The van der Waals surface area contributed by atoms with Gasteiger partial charge in [0, 0.05) is 17.0 Å². The van der Waals surface area contributed by atoms with E-state index in [1.165, 1.54) is 0 Å². The van der Waals surface area contributed by atoms with E-state index in [9.17, 15) is 4.79 Å². The zero-order valence-corrected chi connectivity index (χ0v) is 10.4. The quantitative estimate of drug-likeness (QED) is 0.771. The van der Waals surface area contributed by atoms with Crippen LogP contribution in [0.2, 0.25) is 5.02 Å². The third-order valence-corrected chi connectivity index (χ3v) is 3.32. The third-order valence-electron chi connectivity index (χ3n) is 3.07. The van der Waals surface area contributed by atoms with Gasteiger partial charge in [-0.15, -0.1) is 0 Å². The zero-order valence-electron chi connectivity index (χ0n) is 9.60. The molecule has 1 unspecified atom stereocenters. The van der Waals surface area contributed by atoms with Gasteiger partial charge in [-0.05, 0) is 35.9 Å². The highest BCUT2D eigenvalue weighted by molar-refractivity contribution is 6.30. The van der Waals surface area contributed by atoms with Gasteiger partial charge in [-0.1, -0.05) is 29.8 Å². The van der Waals surface area contributed by atoms with Gasteiger partial charge in [-0.2, -0.15) is 0 Å². The van der Waals surface area contributed by atoms with E-state index < -0.39 is 6.10 Å². The van der Waals surface area contributed by atoms with Crippen LogP contribution in [-0.2, 0) is 6.42 Å². The topological polar surface area (TPSA) is 26.3 Å². The van der Waals surface area contributed by atoms with Crippen LogP contribution in [0.3, 0.4) is 0 Å². The Morgan fingerprint density at radius 1 is 1.11 bits per heavy atom. The molecule has 0 aromatic heterocycles. The van der Waals surface area contributed by atoms with E-state index in [1.807, 2.05) is 24.3 Å². The summed E-state index contributed by atoms with van der Waals surface area (Å²) in [6, 6.07) is 14.7. The first-order chi connectivity index (χ1) is 8.74. The minimum atomic E-state index is -0.413. The second kappa shape index (κ2) is 4.46. The fourth-order valence-electron chi connectivity index (χ4n) is 2.13. The lowest BCUT2D eigenvalue weighted by atomic mass is 10.0. The molecule has 1 atom stereocenters. The highest BCUT2D eigenvalue weighted by atomic mass is 35.5. The van der Waals surface area contributed by atoms with Crippen molar-refractivity contribution in [3.05, 3.63) is 64.7 Å². The van der Waals surface area contributed by atoms with Gasteiger partial charge >= 0.3 is 0 Å². The van der Waals surface area contributed by atoms with E-state index in [0.717, 1.165) is 11.3 Å². The van der Waals surface area contributed by atoms with Gasteiger partial charge in [0.25, 0.3) is 0 Å². The molecule has 2 nitrogen and oxygen atoms in total. The Hall–Kier alpha value is -1.80. The molecule has 0 bridgehead atoms. The van der Waals surface area contributed by atoms with Crippen molar-refractivity contribution in [3.8, 4) is 5.75 Å².